The SMILES string of the molecule is COc1ccc(NC(=O)N(Cc2nc(C(=O)N3CCN(C(c4ccccc4)c4ccccc4)CC3)cs2)C(C)C)cc1. The Bertz CT molecular complexity index is 1410. The largest absolute Gasteiger partial charge is 0.497 e. The highest BCUT2D eigenvalue weighted by molar-refractivity contribution is 7.09. The van der Waals surface area contributed by atoms with Crippen LogP contribution in [0.3, 0.4) is 0 Å². The van der Waals surface area contributed by atoms with Gasteiger partial charge >= 0.3 is 6.03 Å². The molecule has 4 aromatic rings. The Kier molecular flexibility index (Phi) is 9.51. The van der Waals surface area contributed by atoms with Crippen LogP contribution in [0.5, 0.6) is 5.75 Å². The van der Waals surface area contributed by atoms with Crippen molar-refractivity contribution in [3.63, 3.8) is 0 Å². The maximum atomic E-state index is 13.4. The molecule has 0 spiro atoms. The summed E-state index contributed by atoms with van der Waals surface area (Å²) in [4.78, 5) is 37.2. The van der Waals surface area contributed by atoms with Crippen LogP contribution in [0, 0.1) is 0 Å². The Morgan fingerprint density at radius 2 is 1.50 bits per heavy atom. The van der Waals surface area contributed by atoms with Gasteiger partial charge in [0.05, 0.1) is 19.7 Å². The molecule has 42 heavy (non-hydrogen) atoms. The number of nitrogens with zero attached hydrogens (tertiary/aromatic N) is 4. The first-order chi connectivity index (χ1) is 20.4. The molecule has 3 aromatic carbocycles. The van der Waals surface area contributed by atoms with Crippen LogP contribution in [0.2, 0.25) is 0 Å². The average Bonchev–Trinajstić information content (AvgIpc) is 3.50. The maximum Gasteiger partial charge on any atom is 0.322 e. The molecule has 0 radical (unpaired) electrons. The molecule has 5 rings (SSSR count). The molecule has 0 unspecified atom stereocenters. The van der Waals surface area contributed by atoms with Crippen molar-refractivity contribution in [1.29, 1.82) is 0 Å². The molecule has 8 nitrogen and oxygen atoms in total. The Hall–Kier alpha value is -4.21. The van der Waals surface area contributed by atoms with Crippen molar-refractivity contribution in [1.82, 2.24) is 19.7 Å². The van der Waals surface area contributed by atoms with E-state index in [2.05, 4.69) is 63.7 Å². The monoisotopic (exact) mass is 583 g/mol. The van der Waals surface area contributed by atoms with Crippen molar-refractivity contribution in [2.24, 2.45) is 0 Å². The quantitative estimate of drug-likeness (QED) is 0.256. The standard InChI is InChI=1S/C33H37N5O3S/c1-24(2)38(33(40)34-27-14-16-28(41-3)17-15-27)22-30-35-29(23-42-30)32(39)37-20-18-36(19-21-37)31(25-10-6-4-7-11-25)26-12-8-5-9-13-26/h4-17,23-24,31H,18-22H2,1-3H3,(H,34,40). The molecular formula is C33H37N5O3S. The van der Waals surface area contributed by atoms with Crippen LogP contribution >= 0.6 is 11.3 Å². The minimum absolute atomic E-state index is 0.0541. The predicted molar refractivity (Wildman–Crippen MR) is 167 cm³/mol. The molecule has 1 aromatic heterocycles. The average molecular weight is 584 g/mol. The third kappa shape index (κ3) is 6.98. The summed E-state index contributed by atoms with van der Waals surface area (Å²) < 4.78 is 5.19. The lowest BCUT2D eigenvalue weighted by atomic mass is 9.96. The second-order valence-corrected chi connectivity index (χ2v) is 11.5. The second-order valence-electron chi connectivity index (χ2n) is 10.6. The van der Waals surface area contributed by atoms with Gasteiger partial charge in [-0.2, -0.15) is 0 Å². The van der Waals surface area contributed by atoms with E-state index in [1.165, 1.54) is 22.5 Å². The summed E-state index contributed by atoms with van der Waals surface area (Å²) in [5.41, 5.74) is 3.62. The first kappa shape index (κ1) is 29.3. The summed E-state index contributed by atoms with van der Waals surface area (Å²) in [6.07, 6.45) is 0. The molecule has 9 heteroatoms. The van der Waals surface area contributed by atoms with Crippen LogP contribution in [0.25, 0.3) is 0 Å². The molecule has 1 fully saturated rings. The van der Waals surface area contributed by atoms with E-state index in [-0.39, 0.29) is 24.0 Å². The van der Waals surface area contributed by atoms with E-state index in [1.807, 2.05) is 30.9 Å². The van der Waals surface area contributed by atoms with Crippen LogP contribution in [0.4, 0.5) is 10.5 Å². The Balaban J connectivity index is 1.21. The first-order valence-electron chi connectivity index (χ1n) is 14.2. The van der Waals surface area contributed by atoms with Gasteiger partial charge in [-0.1, -0.05) is 60.7 Å². The number of hydrogen-bond donors (Lipinski definition) is 1. The minimum Gasteiger partial charge on any atom is -0.497 e. The predicted octanol–water partition coefficient (Wildman–Crippen LogP) is 6.14. The fourth-order valence-corrected chi connectivity index (χ4v) is 5.98. The van der Waals surface area contributed by atoms with Crippen LogP contribution in [0.15, 0.2) is 90.3 Å². The Morgan fingerprint density at radius 1 is 0.905 bits per heavy atom. The van der Waals surface area contributed by atoms with E-state index >= 15 is 0 Å². The number of anilines is 1. The molecule has 1 aliphatic rings. The van der Waals surface area contributed by atoms with E-state index in [9.17, 15) is 9.59 Å². The topological polar surface area (TPSA) is 78.0 Å². The third-order valence-corrected chi connectivity index (χ3v) is 8.33. The fraction of sp³-hybridized carbons (Fsp3) is 0.303. The Labute approximate surface area is 251 Å². The van der Waals surface area contributed by atoms with Crippen molar-refractivity contribution >= 4 is 29.0 Å². The van der Waals surface area contributed by atoms with Gasteiger partial charge < -0.3 is 19.9 Å². The number of carbonyl (C=O) groups excluding carboxylic acids is 2. The van der Waals surface area contributed by atoms with E-state index < -0.39 is 0 Å². The van der Waals surface area contributed by atoms with Crippen LogP contribution in [-0.4, -0.2) is 71.0 Å². The lowest BCUT2D eigenvalue weighted by Crippen LogP contribution is -2.50. The number of aromatic nitrogens is 1. The lowest BCUT2D eigenvalue weighted by molar-refractivity contribution is 0.0592. The second kappa shape index (κ2) is 13.6. The molecule has 1 aliphatic heterocycles. The number of piperazine rings is 1. The van der Waals surface area contributed by atoms with Crippen LogP contribution in [0.1, 0.15) is 46.5 Å². The van der Waals surface area contributed by atoms with Crippen molar-refractivity contribution in [3.8, 4) is 5.75 Å². The van der Waals surface area contributed by atoms with E-state index in [0.29, 0.717) is 31.0 Å². The molecular weight excluding hydrogens is 546 g/mol. The van der Waals surface area contributed by atoms with Gasteiger partial charge in [0.1, 0.15) is 16.5 Å². The summed E-state index contributed by atoms with van der Waals surface area (Å²) in [7, 11) is 1.61. The first-order valence-corrected chi connectivity index (χ1v) is 15.1. The fourth-order valence-electron chi connectivity index (χ4n) is 5.22. The molecule has 0 bridgehead atoms. The van der Waals surface area contributed by atoms with E-state index in [4.69, 9.17) is 4.74 Å². The van der Waals surface area contributed by atoms with Gasteiger partial charge in [-0.25, -0.2) is 9.78 Å². The van der Waals surface area contributed by atoms with Gasteiger partial charge in [-0.15, -0.1) is 11.3 Å². The molecule has 218 valence electrons. The van der Waals surface area contributed by atoms with Gasteiger partial charge in [0, 0.05) is 43.3 Å². The molecule has 3 amide bonds. The van der Waals surface area contributed by atoms with Gasteiger partial charge in [0.15, 0.2) is 0 Å². The highest BCUT2D eigenvalue weighted by atomic mass is 32.1. The number of urea groups is 1. The van der Waals surface area contributed by atoms with Crippen LogP contribution in [-0.2, 0) is 6.54 Å². The van der Waals surface area contributed by atoms with Crippen molar-refractivity contribution < 1.29 is 14.3 Å². The number of nitrogens with one attached hydrogen (secondary N) is 1. The number of carbonyl (C=O) groups is 2. The number of thiazole rings is 1. The third-order valence-electron chi connectivity index (χ3n) is 7.50. The lowest BCUT2D eigenvalue weighted by Gasteiger charge is -2.39. The zero-order chi connectivity index (χ0) is 29.5. The van der Waals surface area contributed by atoms with Gasteiger partial charge in [0.25, 0.3) is 5.91 Å². The summed E-state index contributed by atoms with van der Waals surface area (Å²) in [6, 6.07) is 28.1. The summed E-state index contributed by atoms with van der Waals surface area (Å²) >= 11 is 1.41. The van der Waals surface area contributed by atoms with E-state index in [1.54, 1.807) is 41.7 Å². The normalized spacial score (nSPS) is 13.8. The maximum absolute atomic E-state index is 13.4. The molecule has 0 aliphatic carbocycles. The molecule has 1 N–H and O–H groups in total. The number of rotatable bonds is 9. The number of benzene rings is 3. The highest BCUT2D eigenvalue weighted by Crippen LogP contribution is 2.30. The van der Waals surface area contributed by atoms with Crippen molar-refractivity contribution in [3.05, 3.63) is 112 Å². The zero-order valence-electron chi connectivity index (χ0n) is 24.3. The molecule has 0 saturated carbocycles. The van der Waals surface area contributed by atoms with E-state index in [0.717, 1.165) is 23.8 Å². The Morgan fingerprint density at radius 3 is 2.05 bits per heavy atom. The summed E-state index contributed by atoms with van der Waals surface area (Å²) in [6.45, 7) is 7.04. The number of methoxy groups -OCH3 is 1. The molecule has 1 saturated heterocycles. The smallest absolute Gasteiger partial charge is 0.322 e. The highest BCUT2D eigenvalue weighted by Gasteiger charge is 2.29. The number of hydrogen-bond acceptors (Lipinski definition) is 6. The summed E-state index contributed by atoms with van der Waals surface area (Å²) in [5, 5.41) is 5.47. The molecule has 0 atom stereocenters. The van der Waals surface area contributed by atoms with Crippen molar-refractivity contribution in [2.45, 2.75) is 32.5 Å². The number of amides is 3. The van der Waals surface area contributed by atoms with Gasteiger partial charge in [0.2, 0.25) is 0 Å². The zero-order valence-corrected chi connectivity index (χ0v) is 25.1. The summed E-state index contributed by atoms with van der Waals surface area (Å²) in [5.74, 6) is 0.661. The van der Waals surface area contributed by atoms with Gasteiger partial charge in [-0.05, 0) is 49.2 Å². The molecule has 2 heterocycles. The minimum atomic E-state index is -0.222. The van der Waals surface area contributed by atoms with Gasteiger partial charge in [-0.3, -0.25) is 9.69 Å². The van der Waals surface area contributed by atoms with Crippen molar-refractivity contribution in [2.75, 3.05) is 38.6 Å². The number of ether oxygens (including phenoxy) is 1. The van der Waals surface area contributed by atoms with Crippen LogP contribution < -0.4 is 10.1 Å².